The molecular weight excluding hydrogens is 492 g/mol. The fraction of sp³-hybridized carbons (Fsp3) is 0.250. The summed E-state index contributed by atoms with van der Waals surface area (Å²) < 4.78 is 35.9. The Kier molecular flexibility index (Phi) is 13.6. The fourth-order valence-electron chi connectivity index (χ4n) is 2.08. The Morgan fingerprint density at radius 3 is 1.43 bits per heavy atom. The van der Waals surface area contributed by atoms with Crippen molar-refractivity contribution in [2.75, 3.05) is 31.3 Å². The summed E-state index contributed by atoms with van der Waals surface area (Å²) in [5.41, 5.74) is 2.01. The number of aliphatic hydroxyl groups excluding tert-OH is 4. The molecule has 2 atom stereocenters. The van der Waals surface area contributed by atoms with Gasteiger partial charge in [0, 0.05) is 25.5 Å². The van der Waals surface area contributed by atoms with Gasteiger partial charge >= 0.3 is 16.4 Å². The molecule has 0 saturated heterocycles. The number of hydrogen-bond donors (Lipinski definition) is 10. The number of esters is 1. The molecule has 1 heterocycles. The van der Waals surface area contributed by atoms with Crippen molar-refractivity contribution in [2.24, 2.45) is 0 Å². The van der Waals surface area contributed by atoms with Crippen LogP contribution in [0.15, 0.2) is 60.0 Å². The number of ether oxygens (including phenoxy) is 1. The standard InChI is InChI=1S/2C7H9NO.C6H8O6.H2O4S/c2*1-8-6-2-4-7(9)5-3-6;7-1-2(8)5-3(9)4(10)6(11)12-5;1-5(2,3)4/h2*2-5,8-9H,1H3;2,5,7-10H,1H2;(H2,1,2,3,4)/t;;2-,5+;/m..0./s1. The lowest BCUT2D eigenvalue weighted by molar-refractivity contribution is -0.147. The zero-order chi connectivity index (χ0) is 27.2. The topological polar surface area (TPSA) is 246 Å². The third-order valence-electron chi connectivity index (χ3n) is 3.79. The maximum Gasteiger partial charge on any atom is 0.394 e. The molecule has 196 valence electrons. The molecule has 0 fully saturated rings. The normalized spacial score (nSPS) is 15.1. The van der Waals surface area contributed by atoms with Crippen molar-refractivity contribution in [2.45, 2.75) is 12.2 Å². The molecule has 14 nitrogen and oxygen atoms in total. The molecule has 2 aromatic carbocycles. The minimum atomic E-state index is -4.67. The van der Waals surface area contributed by atoms with E-state index in [9.17, 15) is 4.79 Å². The van der Waals surface area contributed by atoms with Crippen LogP contribution in [-0.2, 0) is 19.9 Å². The summed E-state index contributed by atoms with van der Waals surface area (Å²) in [5, 5.41) is 58.6. The van der Waals surface area contributed by atoms with Gasteiger partial charge in [-0.25, -0.2) is 4.79 Å². The predicted octanol–water partition coefficient (Wildman–Crippen LogP) is 0.808. The molecule has 0 aromatic heterocycles. The third-order valence-corrected chi connectivity index (χ3v) is 3.79. The first-order chi connectivity index (χ1) is 16.2. The first-order valence-electron chi connectivity index (χ1n) is 9.48. The van der Waals surface area contributed by atoms with Crippen LogP contribution >= 0.6 is 0 Å². The highest BCUT2D eigenvalue weighted by Crippen LogP contribution is 2.21. The van der Waals surface area contributed by atoms with E-state index in [1.54, 1.807) is 24.3 Å². The molecule has 0 amide bonds. The van der Waals surface area contributed by atoms with Crippen molar-refractivity contribution in [1.29, 1.82) is 0 Å². The molecule has 1 aliphatic rings. The van der Waals surface area contributed by atoms with Gasteiger partial charge in [0.15, 0.2) is 11.9 Å². The van der Waals surface area contributed by atoms with Crippen molar-refractivity contribution < 1.29 is 57.7 Å². The molecule has 0 aliphatic carbocycles. The number of phenolic OH excluding ortho intramolecular Hbond substituents is 2. The van der Waals surface area contributed by atoms with Gasteiger partial charge in [-0.1, -0.05) is 0 Å². The van der Waals surface area contributed by atoms with Gasteiger partial charge < -0.3 is 46.0 Å². The first-order valence-corrected chi connectivity index (χ1v) is 10.9. The number of hydrogen-bond acceptors (Lipinski definition) is 12. The van der Waals surface area contributed by atoms with Crippen molar-refractivity contribution in [3.05, 3.63) is 60.0 Å². The Balaban J connectivity index is 0.000000458. The number of anilines is 2. The van der Waals surface area contributed by atoms with Gasteiger partial charge in [-0.05, 0) is 48.5 Å². The zero-order valence-corrected chi connectivity index (χ0v) is 19.4. The van der Waals surface area contributed by atoms with Gasteiger partial charge in [0.25, 0.3) is 0 Å². The van der Waals surface area contributed by atoms with Gasteiger partial charge in [0.1, 0.15) is 17.6 Å². The van der Waals surface area contributed by atoms with Crippen LogP contribution in [0.4, 0.5) is 11.4 Å². The van der Waals surface area contributed by atoms with Crippen LogP contribution in [-0.4, -0.2) is 87.0 Å². The maximum atomic E-state index is 10.5. The molecule has 3 rings (SSSR count). The summed E-state index contributed by atoms with van der Waals surface area (Å²) in [6.07, 6.45) is -2.78. The number of aromatic hydroxyl groups is 2. The average molecular weight is 521 g/mol. The predicted molar refractivity (Wildman–Crippen MR) is 125 cm³/mol. The van der Waals surface area contributed by atoms with E-state index in [0.29, 0.717) is 11.5 Å². The van der Waals surface area contributed by atoms with Crippen LogP contribution in [0.1, 0.15) is 0 Å². The lowest BCUT2D eigenvalue weighted by atomic mass is 10.2. The molecule has 0 spiro atoms. The second kappa shape index (κ2) is 15.2. The SMILES string of the molecule is CNc1ccc(O)cc1.CNc1ccc(O)cc1.O=C1O[C@H]([C@@H](O)CO)C(O)=C1O.O=S(=O)(O)O. The van der Waals surface area contributed by atoms with Crippen molar-refractivity contribution >= 4 is 27.7 Å². The minimum Gasteiger partial charge on any atom is -0.508 e. The minimum absolute atomic E-state index is 0.300. The molecule has 1 aliphatic heterocycles. The molecule has 0 radical (unpaired) electrons. The molecule has 15 heteroatoms. The van der Waals surface area contributed by atoms with E-state index in [-0.39, 0.29) is 0 Å². The van der Waals surface area contributed by atoms with Crippen LogP contribution in [0.2, 0.25) is 0 Å². The van der Waals surface area contributed by atoms with Crippen molar-refractivity contribution in [3.8, 4) is 11.5 Å². The van der Waals surface area contributed by atoms with E-state index in [4.69, 9.17) is 48.2 Å². The van der Waals surface area contributed by atoms with Crippen LogP contribution < -0.4 is 10.6 Å². The highest BCUT2D eigenvalue weighted by atomic mass is 32.3. The number of cyclic esters (lactones) is 1. The Morgan fingerprint density at radius 2 is 1.20 bits per heavy atom. The Labute approximate surface area is 201 Å². The van der Waals surface area contributed by atoms with E-state index in [2.05, 4.69) is 15.4 Å². The molecule has 2 aromatic rings. The maximum absolute atomic E-state index is 10.5. The molecule has 0 bridgehead atoms. The lowest BCUT2D eigenvalue weighted by Crippen LogP contribution is -2.31. The second-order valence-electron chi connectivity index (χ2n) is 6.35. The Bertz CT molecular complexity index is 987. The number of phenols is 2. The van der Waals surface area contributed by atoms with Crippen LogP contribution in [0.25, 0.3) is 0 Å². The Hall–Kier alpha value is -3.76. The van der Waals surface area contributed by atoms with E-state index < -0.39 is 46.7 Å². The number of aliphatic hydroxyl groups is 4. The van der Waals surface area contributed by atoms with Gasteiger partial charge in [0.05, 0.1) is 6.61 Å². The quantitative estimate of drug-likeness (QED) is 0.152. The lowest BCUT2D eigenvalue weighted by Gasteiger charge is -2.13. The van der Waals surface area contributed by atoms with Crippen LogP contribution in [0.5, 0.6) is 11.5 Å². The van der Waals surface area contributed by atoms with Gasteiger partial charge in [-0.3, -0.25) is 9.11 Å². The van der Waals surface area contributed by atoms with Crippen molar-refractivity contribution in [3.63, 3.8) is 0 Å². The molecular formula is C20H28N2O12S. The largest absolute Gasteiger partial charge is 0.508 e. The summed E-state index contributed by atoms with van der Waals surface area (Å²) in [5.74, 6) is -2.18. The highest BCUT2D eigenvalue weighted by Gasteiger charge is 2.38. The number of carbonyl (C=O) groups is 1. The average Bonchev–Trinajstić information content (AvgIpc) is 3.06. The summed E-state index contributed by atoms with van der Waals surface area (Å²) in [4.78, 5) is 10.5. The zero-order valence-electron chi connectivity index (χ0n) is 18.6. The van der Waals surface area contributed by atoms with Crippen LogP contribution in [0, 0.1) is 0 Å². The molecule has 0 saturated carbocycles. The summed E-state index contributed by atoms with van der Waals surface area (Å²) in [6, 6.07) is 13.8. The van der Waals surface area contributed by atoms with Gasteiger partial charge in [-0.15, -0.1) is 0 Å². The van der Waals surface area contributed by atoms with Crippen LogP contribution in [0.3, 0.4) is 0 Å². The monoisotopic (exact) mass is 520 g/mol. The van der Waals surface area contributed by atoms with E-state index >= 15 is 0 Å². The van der Waals surface area contributed by atoms with Crippen molar-refractivity contribution in [1.82, 2.24) is 0 Å². The number of nitrogens with one attached hydrogen (secondary N) is 2. The summed E-state index contributed by atoms with van der Waals surface area (Å²) in [6.45, 7) is -0.671. The number of rotatable bonds is 4. The number of benzene rings is 2. The smallest absolute Gasteiger partial charge is 0.394 e. The summed E-state index contributed by atoms with van der Waals surface area (Å²) in [7, 11) is -0.987. The second-order valence-corrected chi connectivity index (χ2v) is 7.25. The molecule has 10 N–H and O–H groups in total. The highest BCUT2D eigenvalue weighted by molar-refractivity contribution is 7.79. The molecule has 0 unspecified atom stereocenters. The summed E-state index contributed by atoms with van der Waals surface area (Å²) >= 11 is 0. The first kappa shape index (κ1) is 31.2. The van der Waals surface area contributed by atoms with E-state index in [1.807, 2.05) is 38.4 Å². The van der Waals surface area contributed by atoms with E-state index in [1.165, 1.54) is 0 Å². The Morgan fingerprint density at radius 1 is 0.857 bits per heavy atom. The van der Waals surface area contributed by atoms with Gasteiger partial charge in [0.2, 0.25) is 5.76 Å². The third kappa shape index (κ3) is 13.5. The molecule has 35 heavy (non-hydrogen) atoms. The number of carbonyl (C=O) groups excluding carboxylic acids is 1. The fourth-order valence-corrected chi connectivity index (χ4v) is 2.08. The van der Waals surface area contributed by atoms with E-state index in [0.717, 1.165) is 11.4 Å². The van der Waals surface area contributed by atoms with Gasteiger partial charge in [-0.2, -0.15) is 8.42 Å².